The zero-order valence-electron chi connectivity index (χ0n) is 9.74. The van der Waals surface area contributed by atoms with Crippen LogP contribution in [-0.4, -0.2) is 18.4 Å². The van der Waals surface area contributed by atoms with Gasteiger partial charge in [0.1, 0.15) is 12.4 Å². The monoisotopic (exact) mass is 249 g/mol. The van der Waals surface area contributed by atoms with Gasteiger partial charge in [-0.25, -0.2) is 4.39 Å². The molecule has 0 bridgehead atoms. The molecule has 0 spiro atoms. The second kappa shape index (κ2) is 6.35. The third kappa shape index (κ3) is 3.87. The van der Waals surface area contributed by atoms with Gasteiger partial charge in [0, 0.05) is 0 Å². The van der Waals surface area contributed by atoms with Crippen LogP contribution >= 0.6 is 0 Å². The summed E-state index contributed by atoms with van der Waals surface area (Å²) in [6, 6.07) is 6.85. The highest BCUT2D eigenvalue weighted by atomic mass is 19.1. The van der Waals surface area contributed by atoms with Gasteiger partial charge in [-0.1, -0.05) is 12.1 Å². The number of carbonyl (C=O) groups is 2. The molecule has 1 aromatic carbocycles. The Morgan fingerprint density at radius 3 is 2.50 bits per heavy atom. The first kappa shape index (κ1) is 13.6. The predicted octanol–water partition coefficient (Wildman–Crippen LogP) is 0.643. The smallest absolute Gasteiger partial charge is 0.310 e. The van der Waals surface area contributed by atoms with E-state index in [-0.39, 0.29) is 12.4 Å². The van der Waals surface area contributed by atoms with Gasteiger partial charge in [-0.15, -0.1) is 0 Å². The number of benzene rings is 1. The minimum absolute atomic E-state index is 0.225. The van der Waals surface area contributed by atoms with E-state index in [1.807, 2.05) is 0 Å². The Kier molecular flexibility index (Phi) is 4.81. The number of halogens is 1. The maximum atomic E-state index is 12.7. The van der Waals surface area contributed by atoms with Gasteiger partial charge in [-0.3, -0.25) is 9.59 Å². The summed E-state index contributed by atoms with van der Waals surface area (Å²) in [4.78, 5) is 22.6. The first-order valence-corrected chi connectivity index (χ1v) is 5.25. The number of nitrogens with one attached hydrogen (secondary N) is 2. The van der Waals surface area contributed by atoms with Crippen LogP contribution in [0.2, 0.25) is 0 Å². The van der Waals surface area contributed by atoms with E-state index in [2.05, 4.69) is 10.6 Å². The zero-order chi connectivity index (χ0) is 13.5. The molecule has 1 aromatic rings. The minimum Gasteiger partial charge on any atom is -0.341 e. The molecule has 6 heteroatoms. The van der Waals surface area contributed by atoms with Gasteiger partial charge in [0.25, 0.3) is 0 Å². The third-order valence-corrected chi connectivity index (χ3v) is 2.25. The van der Waals surface area contributed by atoms with Crippen molar-refractivity contribution in [2.75, 3.05) is 6.54 Å². The van der Waals surface area contributed by atoms with Crippen molar-refractivity contribution in [3.63, 3.8) is 0 Å². The van der Waals surface area contributed by atoms with Crippen molar-refractivity contribution in [1.29, 1.82) is 5.26 Å². The summed E-state index contributed by atoms with van der Waals surface area (Å²) in [6.07, 6.45) is 0. The molecular weight excluding hydrogens is 237 g/mol. The fraction of sp³-hybridized carbons (Fsp3) is 0.250. The lowest BCUT2D eigenvalue weighted by atomic mass is 10.1. The summed E-state index contributed by atoms with van der Waals surface area (Å²) in [5, 5.41) is 12.8. The average Bonchev–Trinajstić information content (AvgIpc) is 2.36. The van der Waals surface area contributed by atoms with Crippen molar-refractivity contribution in [2.45, 2.75) is 13.0 Å². The summed E-state index contributed by atoms with van der Waals surface area (Å²) in [7, 11) is 0. The summed E-state index contributed by atoms with van der Waals surface area (Å²) in [5.41, 5.74) is 0.679. The van der Waals surface area contributed by atoms with Gasteiger partial charge < -0.3 is 10.6 Å². The molecule has 0 saturated heterocycles. The SMILES string of the molecule is CC(NC(=O)C(=O)NCC#N)c1ccc(F)cc1. The Balaban J connectivity index is 2.57. The van der Waals surface area contributed by atoms with Gasteiger partial charge >= 0.3 is 11.8 Å². The van der Waals surface area contributed by atoms with Gasteiger partial charge in [0.15, 0.2) is 0 Å². The second-order valence-electron chi connectivity index (χ2n) is 3.59. The number of carbonyl (C=O) groups excluding carboxylic acids is 2. The van der Waals surface area contributed by atoms with Crippen LogP contribution in [0.1, 0.15) is 18.5 Å². The zero-order valence-corrected chi connectivity index (χ0v) is 9.74. The summed E-state index contributed by atoms with van der Waals surface area (Å²) in [5.74, 6) is -2.07. The van der Waals surface area contributed by atoms with Crippen molar-refractivity contribution in [2.24, 2.45) is 0 Å². The maximum absolute atomic E-state index is 12.7. The largest absolute Gasteiger partial charge is 0.341 e. The quantitative estimate of drug-likeness (QED) is 0.609. The van der Waals surface area contributed by atoms with Crippen LogP contribution in [0.5, 0.6) is 0 Å². The van der Waals surface area contributed by atoms with Crippen molar-refractivity contribution in [3.8, 4) is 6.07 Å². The number of nitriles is 1. The molecule has 2 N–H and O–H groups in total. The summed E-state index contributed by atoms with van der Waals surface area (Å²) in [6.45, 7) is 1.44. The summed E-state index contributed by atoms with van der Waals surface area (Å²) < 4.78 is 12.7. The molecule has 0 radical (unpaired) electrons. The highest BCUT2D eigenvalue weighted by Gasteiger charge is 2.16. The lowest BCUT2D eigenvalue weighted by Gasteiger charge is -2.13. The fourth-order valence-electron chi connectivity index (χ4n) is 1.30. The van der Waals surface area contributed by atoms with E-state index < -0.39 is 17.9 Å². The van der Waals surface area contributed by atoms with Crippen LogP contribution in [-0.2, 0) is 9.59 Å². The molecule has 94 valence electrons. The van der Waals surface area contributed by atoms with Gasteiger partial charge in [-0.2, -0.15) is 5.26 Å². The lowest BCUT2D eigenvalue weighted by molar-refractivity contribution is -0.139. The molecule has 2 amide bonds. The third-order valence-electron chi connectivity index (χ3n) is 2.25. The average molecular weight is 249 g/mol. The number of amides is 2. The topological polar surface area (TPSA) is 82.0 Å². The highest BCUT2D eigenvalue weighted by molar-refractivity contribution is 6.35. The number of rotatable bonds is 3. The van der Waals surface area contributed by atoms with Crippen molar-refractivity contribution < 1.29 is 14.0 Å². The van der Waals surface area contributed by atoms with E-state index in [1.165, 1.54) is 24.3 Å². The molecule has 18 heavy (non-hydrogen) atoms. The molecule has 0 fully saturated rings. The van der Waals surface area contributed by atoms with E-state index in [0.29, 0.717) is 5.56 Å². The summed E-state index contributed by atoms with van der Waals surface area (Å²) >= 11 is 0. The Bertz CT molecular complexity index is 479. The predicted molar refractivity (Wildman–Crippen MR) is 61.6 cm³/mol. The van der Waals surface area contributed by atoms with Gasteiger partial charge in [0.05, 0.1) is 12.1 Å². The Labute approximate surface area is 104 Å². The van der Waals surface area contributed by atoms with E-state index in [4.69, 9.17) is 5.26 Å². The standard InChI is InChI=1S/C12H12FN3O2/c1-8(9-2-4-10(13)5-3-9)16-12(18)11(17)15-7-6-14/h2-5,8H,7H2,1H3,(H,15,17)(H,16,18). The van der Waals surface area contributed by atoms with E-state index >= 15 is 0 Å². The minimum atomic E-state index is -0.870. The van der Waals surface area contributed by atoms with Gasteiger partial charge in [0.2, 0.25) is 0 Å². The molecule has 0 saturated carbocycles. The maximum Gasteiger partial charge on any atom is 0.310 e. The number of nitrogens with zero attached hydrogens (tertiary/aromatic N) is 1. The van der Waals surface area contributed by atoms with Crippen LogP contribution in [0.4, 0.5) is 4.39 Å². The normalized spacial score (nSPS) is 11.2. The van der Waals surface area contributed by atoms with Crippen LogP contribution < -0.4 is 10.6 Å². The van der Waals surface area contributed by atoms with Crippen molar-refractivity contribution >= 4 is 11.8 Å². The van der Waals surface area contributed by atoms with E-state index in [0.717, 1.165) is 0 Å². The Morgan fingerprint density at radius 2 is 1.94 bits per heavy atom. The number of hydrogen-bond donors (Lipinski definition) is 2. The van der Waals surface area contributed by atoms with E-state index in [1.54, 1.807) is 13.0 Å². The molecule has 5 nitrogen and oxygen atoms in total. The van der Waals surface area contributed by atoms with Crippen LogP contribution in [0, 0.1) is 17.1 Å². The Morgan fingerprint density at radius 1 is 1.33 bits per heavy atom. The highest BCUT2D eigenvalue weighted by Crippen LogP contribution is 2.12. The lowest BCUT2D eigenvalue weighted by Crippen LogP contribution is -2.41. The van der Waals surface area contributed by atoms with Crippen LogP contribution in [0.25, 0.3) is 0 Å². The molecule has 1 unspecified atom stereocenters. The van der Waals surface area contributed by atoms with Crippen LogP contribution in [0.3, 0.4) is 0 Å². The molecule has 0 aliphatic heterocycles. The first-order chi connectivity index (χ1) is 8.54. The molecular formula is C12H12FN3O2. The molecule has 0 heterocycles. The molecule has 1 rings (SSSR count). The van der Waals surface area contributed by atoms with Crippen molar-refractivity contribution in [3.05, 3.63) is 35.6 Å². The molecule has 0 aliphatic rings. The fourth-order valence-corrected chi connectivity index (χ4v) is 1.30. The van der Waals surface area contributed by atoms with E-state index in [9.17, 15) is 14.0 Å². The number of hydrogen-bond acceptors (Lipinski definition) is 3. The molecule has 1 atom stereocenters. The first-order valence-electron chi connectivity index (χ1n) is 5.25. The molecule has 0 aliphatic carbocycles. The Hall–Kier alpha value is -2.42. The van der Waals surface area contributed by atoms with Gasteiger partial charge in [-0.05, 0) is 24.6 Å². The van der Waals surface area contributed by atoms with Crippen LogP contribution in [0.15, 0.2) is 24.3 Å². The van der Waals surface area contributed by atoms with Crippen molar-refractivity contribution in [1.82, 2.24) is 10.6 Å². The second-order valence-corrected chi connectivity index (χ2v) is 3.59. The molecule has 0 aromatic heterocycles.